The van der Waals surface area contributed by atoms with Gasteiger partial charge >= 0.3 is 0 Å². The SMILES string of the molecule is CCn1cc(NCc2ccc(OC)cc2)cn1.Cl. The minimum Gasteiger partial charge on any atom is -0.497 e. The molecule has 0 fully saturated rings. The van der Waals surface area contributed by atoms with Crippen molar-refractivity contribution in [3.05, 3.63) is 42.2 Å². The lowest BCUT2D eigenvalue weighted by molar-refractivity contribution is 0.414. The second kappa shape index (κ2) is 6.91. The summed E-state index contributed by atoms with van der Waals surface area (Å²) in [6, 6.07) is 8.03. The lowest BCUT2D eigenvalue weighted by atomic mass is 10.2. The summed E-state index contributed by atoms with van der Waals surface area (Å²) < 4.78 is 7.02. The van der Waals surface area contributed by atoms with Gasteiger partial charge in [-0.3, -0.25) is 4.68 Å². The molecule has 2 aromatic rings. The summed E-state index contributed by atoms with van der Waals surface area (Å²) in [4.78, 5) is 0. The first-order chi connectivity index (χ1) is 8.31. The molecule has 1 aromatic heterocycles. The fourth-order valence-electron chi connectivity index (χ4n) is 1.58. The quantitative estimate of drug-likeness (QED) is 0.905. The van der Waals surface area contributed by atoms with Crippen molar-refractivity contribution >= 4 is 18.1 Å². The Balaban J connectivity index is 0.00000162. The lowest BCUT2D eigenvalue weighted by Gasteiger charge is -2.05. The number of hydrogen-bond donors (Lipinski definition) is 1. The molecular weight excluding hydrogens is 250 g/mol. The van der Waals surface area contributed by atoms with Crippen LogP contribution in [0.3, 0.4) is 0 Å². The molecule has 0 aliphatic carbocycles. The first-order valence-corrected chi connectivity index (χ1v) is 5.71. The van der Waals surface area contributed by atoms with Crippen LogP contribution in [0.2, 0.25) is 0 Å². The van der Waals surface area contributed by atoms with Crippen LogP contribution in [0, 0.1) is 0 Å². The number of nitrogens with zero attached hydrogens (tertiary/aromatic N) is 2. The number of halogens is 1. The molecule has 0 aliphatic heterocycles. The van der Waals surface area contributed by atoms with E-state index in [0.29, 0.717) is 0 Å². The van der Waals surface area contributed by atoms with E-state index in [0.717, 1.165) is 24.5 Å². The maximum absolute atomic E-state index is 5.12. The minimum absolute atomic E-state index is 0. The molecule has 0 atom stereocenters. The molecule has 0 amide bonds. The van der Waals surface area contributed by atoms with E-state index in [1.807, 2.05) is 29.2 Å². The standard InChI is InChI=1S/C13H17N3O.ClH/c1-3-16-10-12(9-15-16)14-8-11-4-6-13(17-2)7-5-11;/h4-7,9-10,14H,3,8H2,1-2H3;1H. The Morgan fingerprint density at radius 1 is 1.28 bits per heavy atom. The second-order valence-electron chi connectivity index (χ2n) is 3.79. The van der Waals surface area contributed by atoms with Gasteiger partial charge in [-0.1, -0.05) is 12.1 Å². The van der Waals surface area contributed by atoms with Crippen molar-refractivity contribution in [1.29, 1.82) is 0 Å². The Hall–Kier alpha value is -1.68. The highest BCUT2D eigenvalue weighted by Crippen LogP contribution is 2.13. The van der Waals surface area contributed by atoms with E-state index < -0.39 is 0 Å². The topological polar surface area (TPSA) is 39.1 Å². The van der Waals surface area contributed by atoms with Crippen molar-refractivity contribution in [2.45, 2.75) is 20.0 Å². The summed E-state index contributed by atoms with van der Waals surface area (Å²) in [5.41, 5.74) is 2.26. The molecule has 0 radical (unpaired) electrons. The summed E-state index contributed by atoms with van der Waals surface area (Å²) in [5.74, 6) is 0.882. The van der Waals surface area contributed by atoms with Gasteiger partial charge in [0.2, 0.25) is 0 Å². The number of anilines is 1. The van der Waals surface area contributed by atoms with Crippen molar-refractivity contribution in [3.63, 3.8) is 0 Å². The second-order valence-corrected chi connectivity index (χ2v) is 3.79. The predicted octanol–water partition coefficient (Wildman–Crippen LogP) is 2.95. The van der Waals surface area contributed by atoms with Crippen molar-refractivity contribution in [3.8, 4) is 5.75 Å². The molecule has 1 N–H and O–H groups in total. The predicted molar refractivity (Wildman–Crippen MR) is 75.5 cm³/mol. The van der Waals surface area contributed by atoms with Crippen LogP contribution in [-0.4, -0.2) is 16.9 Å². The van der Waals surface area contributed by atoms with Gasteiger partial charge in [0.05, 0.1) is 19.0 Å². The molecule has 1 aromatic carbocycles. The monoisotopic (exact) mass is 267 g/mol. The van der Waals surface area contributed by atoms with Crippen molar-refractivity contribution < 1.29 is 4.74 Å². The fraction of sp³-hybridized carbons (Fsp3) is 0.308. The Kier molecular flexibility index (Phi) is 5.52. The zero-order valence-electron chi connectivity index (χ0n) is 10.6. The summed E-state index contributed by atoms with van der Waals surface area (Å²) in [5, 5.41) is 7.54. The average Bonchev–Trinajstić information content (AvgIpc) is 2.85. The van der Waals surface area contributed by atoms with Gasteiger partial charge in [-0.15, -0.1) is 12.4 Å². The number of ether oxygens (including phenoxy) is 1. The highest BCUT2D eigenvalue weighted by molar-refractivity contribution is 5.85. The molecule has 0 spiro atoms. The number of aromatic nitrogens is 2. The molecule has 1 heterocycles. The van der Waals surface area contributed by atoms with Gasteiger partial charge in [-0.2, -0.15) is 5.10 Å². The van der Waals surface area contributed by atoms with Gasteiger partial charge < -0.3 is 10.1 Å². The largest absolute Gasteiger partial charge is 0.497 e. The minimum atomic E-state index is 0. The van der Waals surface area contributed by atoms with Crippen LogP contribution >= 0.6 is 12.4 Å². The van der Waals surface area contributed by atoms with Crippen molar-refractivity contribution in [2.75, 3.05) is 12.4 Å². The molecule has 0 unspecified atom stereocenters. The van der Waals surface area contributed by atoms with E-state index in [1.165, 1.54) is 5.56 Å². The Bertz CT molecular complexity index is 467. The number of nitrogens with one attached hydrogen (secondary N) is 1. The van der Waals surface area contributed by atoms with E-state index in [2.05, 4.69) is 29.5 Å². The Morgan fingerprint density at radius 2 is 2.00 bits per heavy atom. The zero-order chi connectivity index (χ0) is 12.1. The Labute approximate surface area is 113 Å². The van der Waals surface area contributed by atoms with Crippen LogP contribution in [-0.2, 0) is 13.1 Å². The number of benzene rings is 1. The summed E-state index contributed by atoms with van der Waals surface area (Å²) in [6.07, 6.45) is 3.84. The molecule has 18 heavy (non-hydrogen) atoms. The number of aryl methyl sites for hydroxylation is 1. The molecule has 0 bridgehead atoms. The number of methoxy groups -OCH3 is 1. The first kappa shape index (κ1) is 14.4. The van der Waals surface area contributed by atoms with Crippen molar-refractivity contribution in [1.82, 2.24) is 9.78 Å². The van der Waals surface area contributed by atoms with Crippen LogP contribution in [0.15, 0.2) is 36.7 Å². The third-order valence-electron chi connectivity index (χ3n) is 2.61. The first-order valence-electron chi connectivity index (χ1n) is 5.71. The molecule has 0 saturated heterocycles. The van der Waals surface area contributed by atoms with Crippen molar-refractivity contribution in [2.24, 2.45) is 0 Å². The van der Waals surface area contributed by atoms with Crippen LogP contribution in [0.5, 0.6) is 5.75 Å². The molecule has 0 aliphatic rings. The van der Waals surface area contributed by atoms with Crippen LogP contribution in [0.1, 0.15) is 12.5 Å². The average molecular weight is 268 g/mol. The maximum atomic E-state index is 5.12. The molecule has 0 saturated carbocycles. The van der Waals surface area contributed by atoms with Crippen LogP contribution in [0.25, 0.3) is 0 Å². The lowest BCUT2D eigenvalue weighted by Crippen LogP contribution is -1.98. The molecule has 5 heteroatoms. The third kappa shape index (κ3) is 3.67. The summed E-state index contributed by atoms with van der Waals surface area (Å²) in [7, 11) is 1.67. The van der Waals surface area contributed by atoms with E-state index in [-0.39, 0.29) is 12.4 Å². The third-order valence-corrected chi connectivity index (χ3v) is 2.61. The van der Waals surface area contributed by atoms with Crippen LogP contribution in [0.4, 0.5) is 5.69 Å². The van der Waals surface area contributed by atoms with Crippen LogP contribution < -0.4 is 10.1 Å². The maximum Gasteiger partial charge on any atom is 0.118 e. The normalized spacial score (nSPS) is 9.67. The van der Waals surface area contributed by atoms with E-state index in [1.54, 1.807) is 7.11 Å². The van der Waals surface area contributed by atoms with Gasteiger partial charge in [-0.25, -0.2) is 0 Å². The van der Waals surface area contributed by atoms with Gasteiger partial charge in [-0.05, 0) is 24.6 Å². The number of rotatable bonds is 5. The summed E-state index contributed by atoms with van der Waals surface area (Å²) in [6.45, 7) is 3.75. The zero-order valence-corrected chi connectivity index (χ0v) is 11.4. The summed E-state index contributed by atoms with van der Waals surface area (Å²) >= 11 is 0. The van der Waals surface area contributed by atoms with Gasteiger partial charge in [0.15, 0.2) is 0 Å². The van der Waals surface area contributed by atoms with E-state index >= 15 is 0 Å². The highest BCUT2D eigenvalue weighted by atomic mass is 35.5. The van der Waals surface area contributed by atoms with Gasteiger partial charge in [0.1, 0.15) is 5.75 Å². The highest BCUT2D eigenvalue weighted by Gasteiger charge is 1.97. The van der Waals surface area contributed by atoms with E-state index in [9.17, 15) is 0 Å². The van der Waals surface area contributed by atoms with Gasteiger partial charge in [0, 0.05) is 19.3 Å². The smallest absolute Gasteiger partial charge is 0.118 e. The molecular formula is C13H18ClN3O. The number of hydrogen-bond acceptors (Lipinski definition) is 3. The van der Waals surface area contributed by atoms with E-state index in [4.69, 9.17) is 4.74 Å². The molecule has 4 nitrogen and oxygen atoms in total. The molecule has 98 valence electrons. The molecule has 2 rings (SSSR count). The van der Waals surface area contributed by atoms with Gasteiger partial charge in [0.25, 0.3) is 0 Å². The fourth-order valence-corrected chi connectivity index (χ4v) is 1.58. The Morgan fingerprint density at radius 3 is 2.56 bits per heavy atom.